The molecular formula is C41H43ClN4O4. The highest BCUT2D eigenvalue weighted by atomic mass is 35.5. The Balaban J connectivity index is 1.58. The van der Waals surface area contributed by atoms with Crippen molar-refractivity contribution < 1.29 is 19.0 Å². The van der Waals surface area contributed by atoms with E-state index in [-0.39, 0.29) is 0 Å². The van der Waals surface area contributed by atoms with Crippen molar-refractivity contribution in [2.24, 2.45) is 0 Å². The van der Waals surface area contributed by atoms with Gasteiger partial charge < -0.3 is 19.1 Å². The molecule has 1 unspecified atom stereocenters. The summed E-state index contributed by atoms with van der Waals surface area (Å²) in [4.78, 5) is 20.6. The number of carbonyl (C=O) groups is 1. The van der Waals surface area contributed by atoms with Gasteiger partial charge in [-0.05, 0) is 75.4 Å². The number of anilines is 1. The minimum absolute atomic E-state index is 0.465. The number of halogens is 1. The molecule has 0 bridgehead atoms. The predicted molar refractivity (Wildman–Crippen MR) is 201 cm³/mol. The smallest absolute Gasteiger partial charge is 0.339 e. The van der Waals surface area contributed by atoms with Gasteiger partial charge in [0, 0.05) is 35.0 Å². The van der Waals surface area contributed by atoms with Gasteiger partial charge in [0.2, 0.25) is 0 Å². The number of methoxy groups -OCH3 is 1. The van der Waals surface area contributed by atoms with E-state index in [0.717, 1.165) is 40.9 Å². The van der Waals surface area contributed by atoms with Crippen LogP contribution in [0.4, 0.5) is 5.69 Å². The van der Waals surface area contributed by atoms with Crippen LogP contribution in [0.2, 0.25) is 5.02 Å². The van der Waals surface area contributed by atoms with Crippen LogP contribution >= 0.6 is 11.6 Å². The maximum Gasteiger partial charge on any atom is 0.339 e. The van der Waals surface area contributed by atoms with Gasteiger partial charge in [-0.1, -0.05) is 66.2 Å². The maximum atomic E-state index is 13.5. The van der Waals surface area contributed by atoms with Gasteiger partial charge in [-0.25, -0.2) is 14.3 Å². The zero-order valence-corrected chi connectivity index (χ0v) is 30.1. The zero-order chi connectivity index (χ0) is 35.6. The number of rotatable bonds is 11. The van der Waals surface area contributed by atoms with Gasteiger partial charge in [-0.3, -0.25) is 0 Å². The van der Waals surface area contributed by atoms with Gasteiger partial charge in [-0.15, -0.1) is 13.2 Å². The Labute approximate surface area is 299 Å². The van der Waals surface area contributed by atoms with Crippen LogP contribution in [0.5, 0.6) is 5.75 Å². The van der Waals surface area contributed by atoms with Crippen LogP contribution in [0.1, 0.15) is 50.1 Å². The molecule has 0 radical (unpaired) electrons. The first-order valence-corrected chi connectivity index (χ1v) is 17.2. The standard InChI is InChI=1S/C41H43ClN4O4/c1-8-10-13-27-14-11-15-28(23-27)29-16-12-17-30(24-29)32-25-34-43-26(3)35(39(40(47)48-7)50-41(4,5)6)37(46(34)44-32)31-18-19-33-38(36(31)42)45(20-9-2)21-22-49-33/h8-9,11-12,14-19,23-25,39H,1-2,10,13,20-22H2,3-7H3. The van der Waals surface area contributed by atoms with Gasteiger partial charge in [0.05, 0.1) is 41.4 Å². The molecule has 0 N–H and O–H groups in total. The Morgan fingerprint density at radius 2 is 1.78 bits per heavy atom. The minimum atomic E-state index is -1.11. The molecule has 50 heavy (non-hydrogen) atoms. The molecule has 3 aromatic carbocycles. The van der Waals surface area contributed by atoms with Gasteiger partial charge in [0.15, 0.2) is 11.8 Å². The van der Waals surface area contributed by atoms with E-state index in [4.69, 9.17) is 35.9 Å². The Hall–Kier alpha value is -4.92. The minimum Gasteiger partial charge on any atom is -0.490 e. The summed E-state index contributed by atoms with van der Waals surface area (Å²) in [6, 6.07) is 22.7. The van der Waals surface area contributed by atoms with E-state index in [1.165, 1.54) is 12.7 Å². The van der Waals surface area contributed by atoms with Crippen molar-refractivity contribution in [2.75, 3.05) is 31.7 Å². The fourth-order valence-corrected chi connectivity index (χ4v) is 6.79. The summed E-state index contributed by atoms with van der Waals surface area (Å²) >= 11 is 7.34. The molecule has 0 amide bonds. The number of hydrogen-bond acceptors (Lipinski definition) is 7. The van der Waals surface area contributed by atoms with E-state index in [9.17, 15) is 4.79 Å². The summed E-state index contributed by atoms with van der Waals surface area (Å²) in [5.41, 5.74) is 8.12. The number of esters is 1. The molecule has 6 rings (SSSR count). The molecule has 0 fully saturated rings. The van der Waals surface area contributed by atoms with Crippen molar-refractivity contribution in [3.63, 3.8) is 0 Å². The van der Waals surface area contributed by atoms with Crippen LogP contribution in [-0.2, 0) is 20.7 Å². The maximum absolute atomic E-state index is 13.5. The van der Waals surface area contributed by atoms with Crippen molar-refractivity contribution in [1.29, 1.82) is 0 Å². The third-order valence-electron chi connectivity index (χ3n) is 8.65. The SMILES string of the molecule is C=CCCc1cccc(-c2cccc(-c3cc4nc(C)c(C(OC(C)(C)C)C(=O)OC)c(-c5ccc6c(c5Cl)N(CC=C)CCO6)n4n3)c2)c1. The van der Waals surface area contributed by atoms with E-state index in [1.807, 2.05) is 70.2 Å². The Kier molecular flexibility index (Phi) is 10.1. The lowest BCUT2D eigenvalue weighted by Crippen LogP contribution is -2.33. The molecule has 5 aromatic rings. The molecule has 0 saturated heterocycles. The van der Waals surface area contributed by atoms with Crippen LogP contribution in [0.25, 0.3) is 39.3 Å². The summed E-state index contributed by atoms with van der Waals surface area (Å²) in [6.07, 6.45) is 4.54. The molecule has 258 valence electrons. The molecule has 2 aromatic heterocycles. The van der Waals surface area contributed by atoms with Crippen LogP contribution < -0.4 is 9.64 Å². The third-order valence-corrected chi connectivity index (χ3v) is 9.04. The summed E-state index contributed by atoms with van der Waals surface area (Å²) in [5, 5.41) is 5.61. The number of ether oxygens (including phenoxy) is 3. The van der Waals surface area contributed by atoms with E-state index < -0.39 is 17.7 Å². The van der Waals surface area contributed by atoms with Crippen LogP contribution in [0, 0.1) is 6.92 Å². The normalized spacial score (nSPS) is 13.4. The second-order valence-corrected chi connectivity index (χ2v) is 13.7. The number of fused-ring (bicyclic) bond motifs is 2. The van der Waals surface area contributed by atoms with Crippen LogP contribution in [-0.4, -0.2) is 53.0 Å². The summed E-state index contributed by atoms with van der Waals surface area (Å²) in [7, 11) is 1.35. The first-order valence-electron chi connectivity index (χ1n) is 16.8. The number of benzene rings is 3. The molecule has 1 aliphatic rings. The average molecular weight is 691 g/mol. The van der Waals surface area contributed by atoms with Crippen molar-refractivity contribution in [3.05, 3.63) is 114 Å². The van der Waals surface area contributed by atoms with Crippen molar-refractivity contribution in [1.82, 2.24) is 14.6 Å². The zero-order valence-electron chi connectivity index (χ0n) is 29.3. The highest BCUT2D eigenvalue weighted by Gasteiger charge is 2.35. The fourth-order valence-electron chi connectivity index (χ4n) is 6.42. The second-order valence-electron chi connectivity index (χ2n) is 13.4. The Bertz CT molecular complexity index is 2080. The lowest BCUT2D eigenvalue weighted by molar-refractivity contribution is -0.164. The molecule has 3 heterocycles. The van der Waals surface area contributed by atoms with E-state index in [2.05, 4.69) is 54.5 Å². The average Bonchev–Trinajstić information content (AvgIpc) is 3.53. The lowest BCUT2D eigenvalue weighted by atomic mass is 9.97. The van der Waals surface area contributed by atoms with Gasteiger partial charge in [-0.2, -0.15) is 5.10 Å². The largest absolute Gasteiger partial charge is 0.490 e. The molecule has 0 saturated carbocycles. The molecule has 1 aliphatic heterocycles. The van der Waals surface area contributed by atoms with Crippen LogP contribution in [0.15, 0.2) is 92.0 Å². The highest BCUT2D eigenvalue weighted by Crippen LogP contribution is 2.46. The van der Waals surface area contributed by atoms with E-state index in [0.29, 0.717) is 58.6 Å². The van der Waals surface area contributed by atoms with Crippen molar-refractivity contribution >= 4 is 28.9 Å². The molecule has 1 atom stereocenters. The van der Waals surface area contributed by atoms with Crippen molar-refractivity contribution in [2.45, 2.75) is 52.2 Å². The molecular weight excluding hydrogens is 648 g/mol. The van der Waals surface area contributed by atoms with Crippen LogP contribution in [0.3, 0.4) is 0 Å². The van der Waals surface area contributed by atoms with E-state index >= 15 is 0 Å². The molecule has 0 spiro atoms. The lowest BCUT2D eigenvalue weighted by Gasteiger charge is -2.32. The number of aromatic nitrogens is 3. The summed E-state index contributed by atoms with van der Waals surface area (Å²) in [6.45, 7) is 17.1. The second kappa shape index (κ2) is 14.5. The van der Waals surface area contributed by atoms with Gasteiger partial charge in [0.25, 0.3) is 0 Å². The number of carbonyl (C=O) groups excluding carboxylic acids is 1. The molecule has 8 nitrogen and oxygen atoms in total. The van der Waals surface area contributed by atoms with Gasteiger partial charge >= 0.3 is 5.97 Å². The number of nitrogens with zero attached hydrogens (tertiary/aromatic N) is 4. The Morgan fingerprint density at radius 1 is 1.04 bits per heavy atom. The van der Waals surface area contributed by atoms with Gasteiger partial charge in [0.1, 0.15) is 12.4 Å². The first-order chi connectivity index (χ1) is 24.0. The monoisotopic (exact) mass is 690 g/mol. The van der Waals surface area contributed by atoms with Crippen molar-refractivity contribution in [3.8, 4) is 39.4 Å². The Morgan fingerprint density at radius 3 is 2.50 bits per heavy atom. The molecule has 9 heteroatoms. The summed E-state index contributed by atoms with van der Waals surface area (Å²) < 4.78 is 19.5. The number of allylic oxidation sites excluding steroid dienone is 1. The fraction of sp³-hybridized carbons (Fsp3) is 0.293. The number of hydrogen-bond donors (Lipinski definition) is 0. The van der Waals surface area contributed by atoms with E-state index in [1.54, 1.807) is 4.52 Å². The first kappa shape index (κ1) is 34.9. The predicted octanol–water partition coefficient (Wildman–Crippen LogP) is 9.22. The topological polar surface area (TPSA) is 78.2 Å². The highest BCUT2D eigenvalue weighted by molar-refractivity contribution is 6.36. The quantitative estimate of drug-likeness (QED) is 0.101. The summed E-state index contributed by atoms with van der Waals surface area (Å²) in [5.74, 6) is 0.129. The third kappa shape index (κ3) is 7.04. The number of aryl methyl sites for hydroxylation is 2. The molecule has 0 aliphatic carbocycles.